The summed E-state index contributed by atoms with van der Waals surface area (Å²) in [4.78, 5) is 20.5. The van der Waals surface area contributed by atoms with E-state index in [1.165, 1.54) is 0 Å². The summed E-state index contributed by atoms with van der Waals surface area (Å²) in [5.74, 6) is 1.46. The van der Waals surface area contributed by atoms with Gasteiger partial charge in [-0.05, 0) is 45.4 Å². The van der Waals surface area contributed by atoms with Crippen molar-refractivity contribution in [1.82, 2.24) is 20.4 Å². The van der Waals surface area contributed by atoms with Crippen LogP contribution in [-0.4, -0.2) is 74.6 Å². The van der Waals surface area contributed by atoms with Crippen molar-refractivity contribution in [3.05, 3.63) is 29.8 Å². The Morgan fingerprint density at radius 1 is 1.07 bits per heavy atom. The molecule has 0 aliphatic heterocycles. The van der Waals surface area contributed by atoms with Crippen molar-refractivity contribution in [2.75, 3.05) is 40.8 Å². The first-order chi connectivity index (χ1) is 13.2. The molecule has 0 fully saturated rings. The molecule has 0 radical (unpaired) electrons. The molecule has 28 heavy (non-hydrogen) atoms. The molecule has 0 aliphatic carbocycles. The quantitative estimate of drug-likeness (QED) is 0.471. The van der Waals surface area contributed by atoms with E-state index in [0.717, 1.165) is 24.4 Å². The summed E-state index contributed by atoms with van der Waals surface area (Å²) in [6, 6.07) is 8.78. The Bertz CT molecular complexity index is 604. The zero-order valence-electron chi connectivity index (χ0n) is 18.5. The number of ether oxygens (including phenoxy) is 1. The smallest absolute Gasteiger partial charge is 0.241 e. The predicted molar refractivity (Wildman–Crippen MR) is 116 cm³/mol. The Morgan fingerprint density at radius 2 is 1.68 bits per heavy atom. The average Bonchev–Trinajstić information content (AvgIpc) is 2.65. The van der Waals surface area contributed by atoms with E-state index in [0.29, 0.717) is 24.6 Å². The first-order valence-electron chi connectivity index (χ1n) is 9.85. The van der Waals surface area contributed by atoms with Gasteiger partial charge in [0.25, 0.3) is 0 Å². The second-order valence-electron chi connectivity index (χ2n) is 7.51. The SMILES string of the molecule is COc1ccc(CN=C(NCCN(C(C)C)C(C)C)NCC(=O)N(C)C)cc1. The van der Waals surface area contributed by atoms with Crippen LogP contribution in [0.2, 0.25) is 0 Å². The molecule has 0 saturated heterocycles. The van der Waals surface area contributed by atoms with Gasteiger partial charge >= 0.3 is 0 Å². The lowest BCUT2D eigenvalue weighted by Gasteiger charge is -2.30. The summed E-state index contributed by atoms with van der Waals surface area (Å²) in [5.41, 5.74) is 1.08. The minimum absolute atomic E-state index is 0.00457. The number of benzene rings is 1. The predicted octanol–water partition coefficient (Wildman–Crippen LogP) is 1.94. The van der Waals surface area contributed by atoms with Gasteiger partial charge < -0.3 is 20.3 Å². The Labute approximate surface area is 170 Å². The van der Waals surface area contributed by atoms with Gasteiger partial charge in [0.2, 0.25) is 5.91 Å². The number of amides is 1. The maximum Gasteiger partial charge on any atom is 0.241 e. The number of aliphatic imine (C=N–C) groups is 1. The maximum atomic E-state index is 11.9. The highest BCUT2D eigenvalue weighted by Crippen LogP contribution is 2.11. The molecule has 0 saturated carbocycles. The third-order valence-corrected chi connectivity index (χ3v) is 4.47. The van der Waals surface area contributed by atoms with Gasteiger partial charge in [-0.25, -0.2) is 4.99 Å². The number of nitrogens with zero attached hydrogens (tertiary/aromatic N) is 3. The van der Waals surface area contributed by atoms with Crippen molar-refractivity contribution in [1.29, 1.82) is 0 Å². The molecular weight excluding hydrogens is 354 g/mol. The summed E-state index contributed by atoms with van der Waals surface area (Å²) in [6.45, 7) is 11.2. The third-order valence-electron chi connectivity index (χ3n) is 4.47. The minimum atomic E-state index is 0.00457. The fourth-order valence-electron chi connectivity index (χ4n) is 2.81. The third kappa shape index (κ3) is 8.61. The number of methoxy groups -OCH3 is 1. The van der Waals surface area contributed by atoms with Crippen LogP contribution in [0.1, 0.15) is 33.3 Å². The molecular formula is C21H37N5O2. The Morgan fingerprint density at radius 3 is 2.18 bits per heavy atom. The highest BCUT2D eigenvalue weighted by molar-refractivity contribution is 5.86. The van der Waals surface area contributed by atoms with E-state index < -0.39 is 0 Å². The molecule has 0 bridgehead atoms. The van der Waals surface area contributed by atoms with E-state index in [1.54, 1.807) is 26.1 Å². The standard InChI is InChI=1S/C21H37N5O2/c1-16(2)26(17(3)4)13-12-22-21(24-15-20(27)25(5)6)23-14-18-8-10-19(28-7)11-9-18/h8-11,16-17H,12-15H2,1-7H3,(H2,22,23,24). The summed E-state index contributed by atoms with van der Waals surface area (Å²) < 4.78 is 5.19. The lowest BCUT2D eigenvalue weighted by Crippen LogP contribution is -2.47. The zero-order valence-corrected chi connectivity index (χ0v) is 18.5. The molecule has 0 aromatic heterocycles. The molecule has 0 heterocycles. The first kappa shape index (κ1) is 23.8. The maximum absolute atomic E-state index is 11.9. The molecule has 0 unspecified atom stereocenters. The van der Waals surface area contributed by atoms with Crippen LogP contribution in [0.15, 0.2) is 29.3 Å². The Hall–Kier alpha value is -2.28. The minimum Gasteiger partial charge on any atom is -0.497 e. The van der Waals surface area contributed by atoms with E-state index in [4.69, 9.17) is 4.74 Å². The zero-order chi connectivity index (χ0) is 21.1. The number of carbonyl (C=O) groups is 1. The van der Waals surface area contributed by atoms with Crippen molar-refractivity contribution < 1.29 is 9.53 Å². The lowest BCUT2D eigenvalue weighted by atomic mass is 10.2. The molecule has 1 aromatic carbocycles. The first-order valence-corrected chi connectivity index (χ1v) is 9.85. The van der Waals surface area contributed by atoms with Gasteiger partial charge in [-0.2, -0.15) is 0 Å². The van der Waals surface area contributed by atoms with E-state index in [-0.39, 0.29) is 12.5 Å². The summed E-state index contributed by atoms with van der Waals surface area (Å²) in [6.07, 6.45) is 0. The van der Waals surface area contributed by atoms with E-state index in [2.05, 4.69) is 48.2 Å². The number of guanidine groups is 1. The van der Waals surface area contributed by atoms with Crippen LogP contribution in [0.3, 0.4) is 0 Å². The number of rotatable bonds is 10. The van der Waals surface area contributed by atoms with Gasteiger partial charge in [0, 0.05) is 39.3 Å². The molecule has 1 amide bonds. The monoisotopic (exact) mass is 391 g/mol. The normalized spacial score (nSPS) is 11.9. The Kier molecular flexibility index (Phi) is 10.4. The van der Waals surface area contributed by atoms with Crippen LogP contribution in [0, 0.1) is 0 Å². The van der Waals surface area contributed by atoms with Gasteiger partial charge in [0.15, 0.2) is 5.96 Å². The number of likely N-dealkylation sites (N-methyl/N-ethyl adjacent to an activating group) is 1. The molecule has 1 aromatic rings. The highest BCUT2D eigenvalue weighted by Gasteiger charge is 2.13. The Balaban J connectivity index is 2.72. The molecule has 2 N–H and O–H groups in total. The van der Waals surface area contributed by atoms with E-state index >= 15 is 0 Å². The largest absolute Gasteiger partial charge is 0.497 e. The summed E-state index contributed by atoms with van der Waals surface area (Å²) in [5, 5.41) is 6.48. The van der Waals surface area contributed by atoms with Gasteiger partial charge in [-0.1, -0.05) is 12.1 Å². The van der Waals surface area contributed by atoms with Crippen molar-refractivity contribution in [2.45, 2.75) is 46.3 Å². The summed E-state index contributed by atoms with van der Waals surface area (Å²) in [7, 11) is 5.14. The lowest BCUT2D eigenvalue weighted by molar-refractivity contribution is -0.127. The van der Waals surface area contributed by atoms with Crippen LogP contribution in [0.5, 0.6) is 5.75 Å². The van der Waals surface area contributed by atoms with Gasteiger partial charge in [-0.15, -0.1) is 0 Å². The number of hydrogen-bond acceptors (Lipinski definition) is 4. The highest BCUT2D eigenvalue weighted by atomic mass is 16.5. The van der Waals surface area contributed by atoms with Gasteiger partial charge in [0.1, 0.15) is 5.75 Å². The number of carbonyl (C=O) groups excluding carboxylic acids is 1. The van der Waals surface area contributed by atoms with Crippen molar-refractivity contribution >= 4 is 11.9 Å². The van der Waals surface area contributed by atoms with Crippen LogP contribution in [0.4, 0.5) is 0 Å². The van der Waals surface area contributed by atoms with Crippen LogP contribution < -0.4 is 15.4 Å². The second kappa shape index (κ2) is 12.2. The fraction of sp³-hybridized carbons (Fsp3) is 0.619. The van der Waals surface area contributed by atoms with Crippen LogP contribution in [0.25, 0.3) is 0 Å². The molecule has 158 valence electrons. The van der Waals surface area contributed by atoms with E-state index in [9.17, 15) is 4.79 Å². The topological polar surface area (TPSA) is 69.2 Å². The van der Waals surface area contributed by atoms with Crippen LogP contribution in [-0.2, 0) is 11.3 Å². The van der Waals surface area contributed by atoms with Crippen molar-refractivity contribution in [2.24, 2.45) is 4.99 Å². The van der Waals surface area contributed by atoms with Crippen LogP contribution >= 0.6 is 0 Å². The van der Waals surface area contributed by atoms with Crippen molar-refractivity contribution in [3.63, 3.8) is 0 Å². The molecule has 0 atom stereocenters. The van der Waals surface area contributed by atoms with E-state index in [1.807, 2.05) is 24.3 Å². The number of hydrogen-bond donors (Lipinski definition) is 2. The van der Waals surface area contributed by atoms with Gasteiger partial charge in [-0.3, -0.25) is 9.69 Å². The number of nitrogens with one attached hydrogen (secondary N) is 2. The van der Waals surface area contributed by atoms with Crippen molar-refractivity contribution in [3.8, 4) is 5.75 Å². The molecule has 1 rings (SSSR count). The molecule has 0 aliphatic rings. The van der Waals surface area contributed by atoms with Gasteiger partial charge in [0.05, 0.1) is 20.2 Å². The average molecular weight is 392 g/mol. The second-order valence-corrected chi connectivity index (χ2v) is 7.51. The molecule has 7 heteroatoms. The molecule has 0 spiro atoms. The fourth-order valence-corrected chi connectivity index (χ4v) is 2.81. The molecule has 7 nitrogen and oxygen atoms in total. The summed E-state index contributed by atoms with van der Waals surface area (Å²) >= 11 is 0.